The summed E-state index contributed by atoms with van der Waals surface area (Å²) in [6, 6.07) is 52.5. The zero-order valence-electron chi connectivity index (χ0n) is 38.3. The van der Waals surface area contributed by atoms with Gasteiger partial charge in [-0.15, -0.1) is 0 Å². The number of ether oxygens (including phenoxy) is 4. The Hall–Kier alpha value is -7.66. The molecule has 0 heterocycles. The number of methoxy groups -OCH3 is 4. The molecular weight excluding hydrogens is 841 g/mol. The van der Waals surface area contributed by atoms with Gasteiger partial charge in [0.05, 0.1) is 40.5 Å². The third kappa shape index (κ3) is 8.19. The standard InChI is InChI=1S/C57H54N2O8/c1-55(2,53(60)58-51(41-27-19-23-37-21-7-9-25-39(37)41)56(62,43-29-11-15-33-47(43)64-3)44-30-12-16-34-48(44)65-4)54(61)59-52(42-28-20-24-38-22-8-10-26-40(38)42)57(63,45-31-13-17-35-49(45)66-5)46-32-14-18-36-50(46)67-6/h7-36,51-52,62-63H,1-6H3,(H,58,60)(H,59,61)/t51-,52-/m1/s1. The minimum Gasteiger partial charge on any atom is -0.496 e. The van der Waals surface area contributed by atoms with Crippen LogP contribution in [0.1, 0.15) is 59.3 Å². The summed E-state index contributed by atoms with van der Waals surface area (Å²) >= 11 is 0. The maximum absolute atomic E-state index is 15.5. The molecule has 0 unspecified atom stereocenters. The molecule has 10 heteroatoms. The van der Waals surface area contributed by atoms with Crippen LogP contribution >= 0.6 is 0 Å². The van der Waals surface area contributed by atoms with E-state index in [1.54, 1.807) is 97.1 Å². The molecule has 0 spiro atoms. The number of hydrogen-bond donors (Lipinski definition) is 4. The van der Waals surface area contributed by atoms with E-state index >= 15 is 9.59 Å². The third-order valence-electron chi connectivity index (χ3n) is 12.9. The first-order valence-corrected chi connectivity index (χ1v) is 22.0. The Morgan fingerprint density at radius 1 is 0.403 bits per heavy atom. The van der Waals surface area contributed by atoms with E-state index in [0.29, 0.717) is 56.4 Å². The molecule has 0 bridgehead atoms. The highest BCUT2D eigenvalue weighted by Crippen LogP contribution is 2.51. The summed E-state index contributed by atoms with van der Waals surface area (Å²) in [5.74, 6) is -0.00828. The first-order valence-electron chi connectivity index (χ1n) is 22.0. The van der Waals surface area contributed by atoms with Crippen LogP contribution in [0.15, 0.2) is 182 Å². The molecule has 10 nitrogen and oxygen atoms in total. The number of carbonyl (C=O) groups excluding carboxylic acids is 2. The number of rotatable bonds is 16. The Kier molecular flexibility index (Phi) is 13.0. The molecule has 2 atom stereocenters. The van der Waals surface area contributed by atoms with Gasteiger partial charge in [0.1, 0.15) is 39.6 Å². The van der Waals surface area contributed by atoms with Crippen molar-refractivity contribution in [2.24, 2.45) is 5.41 Å². The second-order valence-electron chi connectivity index (χ2n) is 16.9. The van der Waals surface area contributed by atoms with Crippen LogP contribution in [-0.2, 0) is 20.8 Å². The molecule has 8 aromatic carbocycles. The molecule has 67 heavy (non-hydrogen) atoms. The zero-order chi connectivity index (χ0) is 47.3. The molecule has 8 rings (SSSR count). The number of hydrogen-bond acceptors (Lipinski definition) is 8. The SMILES string of the molecule is COc1ccccc1C(O)(c1ccccc1OC)[C@H](NC(=O)C(C)(C)C(=O)N[C@H](c1cccc2ccccc12)C(O)(c1ccccc1OC)c1ccccc1OC)c1cccc2ccccc12. The monoisotopic (exact) mass is 894 g/mol. The number of amides is 2. The van der Waals surface area contributed by atoms with Crippen molar-refractivity contribution in [2.45, 2.75) is 37.1 Å². The van der Waals surface area contributed by atoms with Crippen molar-refractivity contribution in [2.75, 3.05) is 28.4 Å². The Morgan fingerprint density at radius 2 is 0.672 bits per heavy atom. The molecule has 0 aromatic heterocycles. The van der Waals surface area contributed by atoms with E-state index in [0.717, 1.165) is 21.5 Å². The van der Waals surface area contributed by atoms with E-state index in [2.05, 4.69) is 10.6 Å². The van der Waals surface area contributed by atoms with E-state index in [1.165, 1.54) is 42.3 Å². The lowest BCUT2D eigenvalue weighted by Crippen LogP contribution is -2.55. The molecule has 0 saturated heterocycles. The van der Waals surface area contributed by atoms with Crippen molar-refractivity contribution in [1.82, 2.24) is 10.6 Å². The van der Waals surface area contributed by atoms with E-state index in [-0.39, 0.29) is 0 Å². The Labute approximate surface area is 390 Å². The summed E-state index contributed by atoms with van der Waals surface area (Å²) in [5.41, 5.74) is -3.52. The average Bonchev–Trinajstić information content (AvgIpc) is 3.38. The quantitative estimate of drug-likeness (QED) is 0.0705. The van der Waals surface area contributed by atoms with Gasteiger partial charge in [-0.3, -0.25) is 9.59 Å². The topological polar surface area (TPSA) is 136 Å². The zero-order valence-corrected chi connectivity index (χ0v) is 38.3. The molecule has 0 saturated carbocycles. The summed E-state index contributed by atoms with van der Waals surface area (Å²) in [6.07, 6.45) is 0. The van der Waals surface area contributed by atoms with Crippen LogP contribution < -0.4 is 29.6 Å². The van der Waals surface area contributed by atoms with Crippen molar-refractivity contribution >= 4 is 33.4 Å². The lowest BCUT2D eigenvalue weighted by atomic mass is 9.74. The molecule has 0 aliphatic rings. The lowest BCUT2D eigenvalue weighted by molar-refractivity contribution is -0.144. The first kappa shape index (κ1) is 45.9. The van der Waals surface area contributed by atoms with Crippen LogP contribution in [0.25, 0.3) is 21.5 Å². The highest BCUT2D eigenvalue weighted by atomic mass is 16.5. The van der Waals surface area contributed by atoms with Gasteiger partial charge in [-0.2, -0.15) is 0 Å². The van der Waals surface area contributed by atoms with E-state index < -0.39 is 40.5 Å². The van der Waals surface area contributed by atoms with Crippen molar-refractivity contribution in [3.63, 3.8) is 0 Å². The number of fused-ring (bicyclic) bond motifs is 2. The minimum absolute atomic E-state index is 0.345. The first-order chi connectivity index (χ1) is 32.4. The maximum atomic E-state index is 15.5. The van der Waals surface area contributed by atoms with E-state index in [4.69, 9.17) is 18.9 Å². The second-order valence-corrected chi connectivity index (χ2v) is 16.9. The predicted molar refractivity (Wildman–Crippen MR) is 261 cm³/mol. The molecule has 0 aliphatic heterocycles. The molecule has 0 aliphatic carbocycles. The fourth-order valence-corrected chi connectivity index (χ4v) is 9.30. The normalized spacial score (nSPS) is 12.8. The van der Waals surface area contributed by atoms with Crippen LogP contribution in [0.3, 0.4) is 0 Å². The smallest absolute Gasteiger partial charge is 0.235 e. The van der Waals surface area contributed by atoms with Gasteiger partial charge in [-0.05, 0) is 70.8 Å². The summed E-state index contributed by atoms with van der Waals surface area (Å²) < 4.78 is 23.6. The predicted octanol–water partition coefficient (Wildman–Crippen LogP) is 9.94. The van der Waals surface area contributed by atoms with Crippen LogP contribution in [0.5, 0.6) is 23.0 Å². The Balaban J connectivity index is 1.32. The van der Waals surface area contributed by atoms with Crippen LogP contribution in [-0.4, -0.2) is 50.5 Å². The largest absolute Gasteiger partial charge is 0.496 e. The summed E-state index contributed by atoms with van der Waals surface area (Å²) in [4.78, 5) is 31.0. The molecule has 4 N–H and O–H groups in total. The molecule has 8 aromatic rings. The number of nitrogens with one attached hydrogen (secondary N) is 2. The van der Waals surface area contributed by atoms with Gasteiger partial charge in [-0.25, -0.2) is 0 Å². The number of benzene rings is 8. The van der Waals surface area contributed by atoms with Crippen LogP contribution in [0, 0.1) is 5.41 Å². The van der Waals surface area contributed by atoms with Crippen molar-refractivity contribution in [3.05, 3.63) is 215 Å². The Morgan fingerprint density at radius 3 is 0.985 bits per heavy atom. The Bertz CT molecular complexity index is 2760. The van der Waals surface area contributed by atoms with Gasteiger partial charge < -0.3 is 39.8 Å². The van der Waals surface area contributed by atoms with Gasteiger partial charge in [0.15, 0.2) is 0 Å². The maximum Gasteiger partial charge on any atom is 0.235 e. The van der Waals surface area contributed by atoms with Crippen molar-refractivity contribution < 1.29 is 38.7 Å². The van der Waals surface area contributed by atoms with Crippen LogP contribution in [0.4, 0.5) is 0 Å². The average molecular weight is 895 g/mol. The highest BCUT2D eigenvalue weighted by molar-refractivity contribution is 6.05. The fourth-order valence-electron chi connectivity index (χ4n) is 9.30. The fraction of sp³-hybridized carbons (Fsp3) is 0.193. The van der Waals surface area contributed by atoms with Gasteiger partial charge in [0, 0.05) is 22.3 Å². The minimum atomic E-state index is -2.08. The molecule has 340 valence electrons. The number of para-hydroxylation sites is 4. The van der Waals surface area contributed by atoms with Gasteiger partial charge in [0.25, 0.3) is 0 Å². The summed E-state index contributed by atoms with van der Waals surface area (Å²) in [7, 11) is 6.07. The van der Waals surface area contributed by atoms with Gasteiger partial charge >= 0.3 is 0 Å². The van der Waals surface area contributed by atoms with E-state index in [9.17, 15) is 10.2 Å². The van der Waals surface area contributed by atoms with Gasteiger partial charge in [0.2, 0.25) is 11.8 Å². The molecular formula is C57H54N2O8. The lowest BCUT2D eigenvalue weighted by Gasteiger charge is -2.42. The van der Waals surface area contributed by atoms with Gasteiger partial charge in [-0.1, -0.05) is 158 Å². The number of aliphatic hydroxyl groups is 2. The van der Waals surface area contributed by atoms with E-state index in [1.807, 2.05) is 84.9 Å². The third-order valence-corrected chi connectivity index (χ3v) is 12.9. The molecule has 0 radical (unpaired) electrons. The van der Waals surface area contributed by atoms with Crippen molar-refractivity contribution in [3.8, 4) is 23.0 Å². The molecule has 0 fully saturated rings. The van der Waals surface area contributed by atoms with Crippen molar-refractivity contribution in [1.29, 1.82) is 0 Å². The number of carbonyl (C=O) groups is 2. The summed E-state index contributed by atoms with van der Waals surface area (Å²) in [5, 5.41) is 37.3. The van der Waals surface area contributed by atoms with Crippen LogP contribution in [0.2, 0.25) is 0 Å². The molecule has 2 amide bonds. The highest BCUT2D eigenvalue weighted by Gasteiger charge is 2.51. The summed E-state index contributed by atoms with van der Waals surface area (Å²) in [6.45, 7) is 3.04. The second kappa shape index (κ2) is 19.1.